The van der Waals surface area contributed by atoms with Gasteiger partial charge in [-0.1, -0.05) is 17.7 Å². The number of rotatable bonds is 7. The molecule has 0 aliphatic rings. The van der Waals surface area contributed by atoms with E-state index >= 15 is 0 Å². The summed E-state index contributed by atoms with van der Waals surface area (Å²) in [5.41, 5.74) is 7.64. The van der Waals surface area contributed by atoms with Gasteiger partial charge >= 0.3 is 0 Å². The third-order valence-electron chi connectivity index (χ3n) is 4.72. The number of ether oxygens (including phenoxy) is 2. The topological polar surface area (TPSA) is 88.1 Å². The standard InChI is InChI=1S/C21H19ClFN5O2S/c1-29-14-5-6-16(30-2)17(10-14)31-21-27-18-19(24)25-11-26-20(18)28(21)8-7-12-3-4-13(22)9-15(12)23/h3-6,9-11H,7-8H2,1-2H3,(H2,24,25,26). The molecule has 0 unspecified atom stereocenters. The number of methoxy groups -OCH3 is 2. The van der Waals surface area contributed by atoms with Crippen molar-refractivity contribution in [1.29, 1.82) is 0 Å². The van der Waals surface area contributed by atoms with Gasteiger partial charge < -0.3 is 19.8 Å². The van der Waals surface area contributed by atoms with Crippen LogP contribution in [0.3, 0.4) is 0 Å². The molecule has 4 aromatic rings. The number of halogens is 2. The molecule has 0 bridgehead atoms. The van der Waals surface area contributed by atoms with Crippen LogP contribution in [0, 0.1) is 5.82 Å². The quantitative estimate of drug-likeness (QED) is 0.431. The van der Waals surface area contributed by atoms with E-state index in [9.17, 15) is 4.39 Å². The van der Waals surface area contributed by atoms with Crippen LogP contribution in [0.4, 0.5) is 10.2 Å². The smallest absolute Gasteiger partial charge is 0.175 e. The molecule has 0 saturated heterocycles. The zero-order chi connectivity index (χ0) is 22.0. The maximum absolute atomic E-state index is 14.3. The Morgan fingerprint density at radius 2 is 1.97 bits per heavy atom. The zero-order valence-electron chi connectivity index (χ0n) is 16.8. The van der Waals surface area contributed by atoms with Crippen LogP contribution in [0.5, 0.6) is 11.5 Å². The van der Waals surface area contributed by atoms with E-state index in [2.05, 4.69) is 15.0 Å². The summed E-state index contributed by atoms with van der Waals surface area (Å²) in [4.78, 5) is 13.8. The van der Waals surface area contributed by atoms with Gasteiger partial charge in [0.2, 0.25) is 0 Å². The first-order valence-electron chi connectivity index (χ1n) is 9.30. The van der Waals surface area contributed by atoms with Gasteiger partial charge in [0.25, 0.3) is 0 Å². The highest BCUT2D eigenvalue weighted by molar-refractivity contribution is 7.99. The Kier molecular flexibility index (Phi) is 6.15. The molecule has 0 spiro atoms. The summed E-state index contributed by atoms with van der Waals surface area (Å²) in [5.74, 6) is 1.29. The molecular formula is C21H19ClFN5O2S. The minimum absolute atomic E-state index is 0.279. The molecule has 2 N–H and O–H groups in total. The average molecular weight is 460 g/mol. The molecule has 2 aromatic carbocycles. The molecule has 7 nitrogen and oxygen atoms in total. The molecule has 0 atom stereocenters. The predicted molar refractivity (Wildman–Crippen MR) is 119 cm³/mol. The van der Waals surface area contributed by atoms with Crippen LogP contribution >= 0.6 is 23.4 Å². The van der Waals surface area contributed by atoms with E-state index in [-0.39, 0.29) is 11.6 Å². The highest BCUT2D eigenvalue weighted by Crippen LogP contribution is 2.38. The van der Waals surface area contributed by atoms with Crippen molar-refractivity contribution >= 4 is 40.3 Å². The molecule has 0 radical (unpaired) electrons. The van der Waals surface area contributed by atoms with E-state index in [0.717, 1.165) is 4.90 Å². The van der Waals surface area contributed by atoms with E-state index < -0.39 is 0 Å². The molecule has 0 amide bonds. The third kappa shape index (κ3) is 4.38. The number of imidazole rings is 1. The molecule has 160 valence electrons. The number of hydrogen-bond acceptors (Lipinski definition) is 7. The van der Waals surface area contributed by atoms with E-state index in [4.69, 9.17) is 26.8 Å². The maximum Gasteiger partial charge on any atom is 0.175 e. The molecular weight excluding hydrogens is 441 g/mol. The normalized spacial score (nSPS) is 11.1. The fourth-order valence-corrected chi connectivity index (χ4v) is 4.34. The van der Waals surface area contributed by atoms with Crippen LogP contribution in [-0.2, 0) is 13.0 Å². The Morgan fingerprint density at radius 3 is 2.71 bits per heavy atom. The van der Waals surface area contributed by atoms with Crippen molar-refractivity contribution in [3.63, 3.8) is 0 Å². The Morgan fingerprint density at radius 1 is 1.13 bits per heavy atom. The predicted octanol–water partition coefficient (Wildman–Crippen LogP) is 4.61. The molecule has 31 heavy (non-hydrogen) atoms. The van der Waals surface area contributed by atoms with Gasteiger partial charge in [-0.25, -0.2) is 19.3 Å². The number of nitrogens with zero attached hydrogens (tertiary/aromatic N) is 4. The number of hydrogen-bond donors (Lipinski definition) is 1. The van der Waals surface area contributed by atoms with Gasteiger partial charge in [0, 0.05) is 11.6 Å². The minimum Gasteiger partial charge on any atom is -0.497 e. The summed E-state index contributed by atoms with van der Waals surface area (Å²) in [6.07, 6.45) is 1.81. The molecule has 0 saturated carbocycles. The number of fused-ring (bicyclic) bond motifs is 1. The lowest BCUT2D eigenvalue weighted by atomic mass is 10.1. The Bertz CT molecular complexity index is 1250. The lowest BCUT2D eigenvalue weighted by molar-refractivity contribution is 0.394. The molecule has 10 heteroatoms. The maximum atomic E-state index is 14.3. The highest BCUT2D eigenvalue weighted by Gasteiger charge is 2.18. The van der Waals surface area contributed by atoms with Crippen molar-refractivity contribution in [3.8, 4) is 11.5 Å². The van der Waals surface area contributed by atoms with Crippen molar-refractivity contribution < 1.29 is 13.9 Å². The van der Waals surface area contributed by atoms with Gasteiger partial charge in [-0.3, -0.25) is 0 Å². The summed E-state index contributed by atoms with van der Waals surface area (Å²) >= 11 is 7.25. The fourth-order valence-electron chi connectivity index (χ4n) is 3.13. The number of aryl methyl sites for hydroxylation is 2. The van der Waals surface area contributed by atoms with Gasteiger partial charge in [0.05, 0.1) is 19.1 Å². The van der Waals surface area contributed by atoms with Crippen LogP contribution in [0.1, 0.15) is 5.56 Å². The summed E-state index contributed by atoms with van der Waals surface area (Å²) in [5, 5.41) is 0.985. The number of nitrogen functional groups attached to an aromatic ring is 1. The second kappa shape index (κ2) is 8.99. The lowest BCUT2D eigenvalue weighted by Gasteiger charge is -2.12. The Hall–Kier alpha value is -3.04. The van der Waals surface area contributed by atoms with Crippen LogP contribution in [-0.4, -0.2) is 33.7 Å². The number of benzene rings is 2. The second-order valence-corrected chi connectivity index (χ2v) is 8.03. The molecule has 0 aliphatic carbocycles. The van der Waals surface area contributed by atoms with E-state index in [1.165, 1.54) is 24.2 Å². The summed E-state index contributed by atoms with van der Waals surface area (Å²) < 4.78 is 27.0. The monoisotopic (exact) mass is 459 g/mol. The summed E-state index contributed by atoms with van der Waals surface area (Å²) in [6, 6.07) is 10.2. The van der Waals surface area contributed by atoms with Crippen LogP contribution in [0.15, 0.2) is 52.8 Å². The summed E-state index contributed by atoms with van der Waals surface area (Å²) in [7, 11) is 3.20. The highest BCUT2D eigenvalue weighted by atomic mass is 35.5. The summed E-state index contributed by atoms with van der Waals surface area (Å²) in [6.45, 7) is 0.431. The first-order valence-corrected chi connectivity index (χ1v) is 10.5. The van der Waals surface area contributed by atoms with Crippen molar-refractivity contribution in [1.82, 2.24) is 19.5 Å². The largest absolute Gasteiger partial charge is 0.497 e. The Labute approximate surface area is 187 Å². The van der Waals surface area contributed by atoms with Gasteiger partial charge in [-0.2, -0.15) is 0 Å². The van der Waals surface area contributed by atoms with Gasteiger partial charge in [-0.05, 0) is 54.1 Å². The first kappa shape index (κ1) is 21.2. The van der Waals surface area contributed by atoms with Crippen molar-refractivity contribution in [2.24, 2.45) is 0 Å². The number of aromatic nitrogens is 4. The first-order chi connectivity index (χ1) is 15.0. The molecule has 0 aliphatic heterocycles. The van der Waals surface area contributed by atoms with E-state index in [0.29, 0.717) is 51.4 Å². The van der Waals surface area contributed by atoms with Crippen LogP contribution in [0.2, 0.25) is 5.02 Å². The van der Waals surface area contributed by atoms with Gasteiger partial charge in [0.15, 0.2) is 22.1 Å². The molecule has 4 rings (SSSR count). The van der Waals surface area contributed by atoms with Gasteiger partial charge in [-0.15, -0.1) is 0 Å². The van der Waals surface area contributed by atoms with Crippen LogP contribution < -0.4 is 15.2 Å². The van der Waals surface area contributed by atoms with Crippen LogP contribution in [0.25, 0.3) is 11.2 Å². The second-order valence-electron chi connectivity index (χ2n) is 6.58. The Balaban J connectivity index is 1.74. The lowest BCUT2D eigenvalue weighted by Crippen LogP contribution is -2.06. The SMILES string of the molecule is COc1ccc(OC)c(Sc2nc3c(N)ncnc3n2CCc2ccc(Cl)cc2F)c1. The minimum atomic E-state index is -0.352. The van der Waals surface area contributed by atoms with E-state index in [1.807, 2.05) is 22.8 Å². The fraction of sp³-hybridized carbons (Fsp3) is 0.190. The van der Waals surface area contributed by atoms with Crippen molar-refractivity contribution in [3.05, 3.63) is 59.1 Å². The van der Waals surface area contributed by atoms with E-state index in [1.54, 1.807) is 26.4 Å². The third-order valence-corrected chi connectivity index (χ3v) is 5.99. The zero-order valence-corrected chi connectivity index (χ0v) is 18.4. The van der Waals surface area contributed by atoms with Crippen molar-refractivity contribution in [2.45, 2.75) is 23.0 Å². The van der Waals surface area contributed by atoms with Gasteiger partial charge in [0.1, 0.15) is 23.6 Å². The molecule has 2 heterocycles. The molecule has 0 fully saturated rings. The average Bonchev–Trinajstić information content (AvgIpc) is 3.11. The number of anilines is 1. The molecule has 2 aromatic heterocycles. The number of nitrogens with two attached hydrogens (primary N) is 1. The van der Waals surface area contributed by atoms with Crippen molar-refractivity contribution in [2.75, 3.05) is 20.0 Å².